The number of benzene rings is 4. The quantitative estimate of drug-likeness (QED) is 0.108. The standard InChI is InChI=1S/C33H30N2O3.Ni/c36-29(23-34-30(25-13-5-1-6-14-25)21-32(37)27-17-9-3-10-18-27)24-35-31(26-15-7-2-8-16-26)22-33(38)28-19-11-4-12-20-28;/h1-20,29,36H,21-24H2;/p+2. The van der Waals surface area contributed by atoms with Crippen LogP contribution in [0.3, 0.4) is 0 Å². The summed E-state index contributed by atoms with van der Waals surface area (Å²) in [6, 6.07) is 38.1. The predicted molar refractivity (Wildman–Crippen MR) is 156 cm³/mol. The van der Waals surface area contributed by atoms with Gasteiger partial charge < -0.3 is 5.11 Å². The Morgan fingerprint density at radius 1 is 0.513 bits per heavy atom. The molecule has 4 rings (SSSR count). The molecular weight excluding hydrogens is 531 g/mol. The van der Waals surface area contributed by atoms with Gasteiger partial charge in [-0.3, -0.25) is 19.6 Å². The molecule has 0 aliphatic heterocycles. The van der Waals surface area contributed by atoms with Gasteiger partial charge in [0.25, 0.3) is 0 Å². The Balaban J connectivity index is 0.00000420. The summed E-state index contributed by atoms with van der Waals surface area (Å²) in [7, 11) is 0. The maximum absolute atomic E-state index is 10.8. The largest absolute Gasteiger partial charge is 0.389 e. The summed E-state index contributed by atoms with van der Waals surface area (Å²) in [6.07, 6.45) is -0.330. The first-order valence-corrected chi connectivity index (χ1v) is 12.7. The van der Waals surface area contributed by atoms with Crippen molar-refractivity contribution in [3.63, 3.8) is 0 Å². The Morgan fingerprint density at radius 3 is 1.10 bits per heavy atom. The molecule has 0 aliphatic carbocycles. The fourth-order valence-electron chi connectivity index (χ4n) is 4.03. The van der Waals surface area contributed by atoms with Crippen molar-refractivity contribution in [2.45, 2.75) is 18.9 Å². The number of ketones is 2. The molecule has 0 saturated heterocycles. The molecule has 0 fully saturated rings. The second-order valence-corrected chi connectivity index (χ2v) is 8.94. The third-order valence-electron chi connectivity index (χ3n) is 6.08. The molecule has 200 valence electrons. The Bertz CT molecular complexity index is 1280. The normalized spacial score (nSPS) is 12.3. The second-order valence-electron chi connectivity index (χ2n) is 8.94. The molecule has 0 unspecified atom stereocenters. The summed E-state index contributed by atoms with van der Waals surface area (Å²) in [4.78, 5) is 30.8. The smallest absolute Gasteiger partial charge is 0.329 e. The topological polar surface area (TPSA) is 87.8 Å². The predicted octanol–water partition coefficient (Wildman–Crippen LogP) is 5.29. The van der Waals surface area contributed by atoms with E-state index in [1.807, 2.05) is 121 Å². The van der Waals surface area contributed by atoms with Gasteiger partial charge in [0.1, 0.15) is 12.8 Å². The molecule has 0 aliphatic rings. The molecule has 5 nitrogen and oxygen atoms in total. The fourth-order valence-corrected chi connectivity index (χ4v) is 4.03. The summed E-state index contributed by atoms with van der Waals surface area (Å²) in [5.74, 6) is 0.443. The van der Waals surface area contributed by atoms with Gasteiger partial charge in [-0.1, -0.05) is 97.1 Å². The van der Waals surface area contributed by atoms with E-state index in [2.05, 4.69) is 9.98 Å². The monoisotopic (exact) mass is 562 g/mol. The average Bonchev–Trinajstić information content (AvgIpc) is 2.99. The van der Waals surface area contributed by atoms with Crippen LogP contribution in [0.1, 0.15) is 35.1 Å². The molecule has 0 saturated carbocycles. The van der Waals surface area contributed by atoms with E-state index < -0.39 is 6.10 Å². The molecule has 3 N–H and O–H groups in total. The molecule has 0 bridgehead atoms. The van der Waals surface area contributed by atoms with E-state index in [1.165, 1.54) is 0 Å². The fraction of sp³-hybridized carbons (Fsp3) is 0.152. The van der Waals surface area contributed by atoms with Crippen molar-refractivity contribution in [2.75, 3.05) is 13.1 Å². The molecule has 0 heterocycles. The van der Waals surface area contributed by atoms with Crippen LogP contribution < -0.4 is 0 Å². The van der Waals surface area contributed by atoms with Crippen molar-refractivity contribution in [2.24, 2.45) is 9.98 Å². The van der Waals surface area contributed by atoms with E-state index in [0.717, 1.165) is 22.3 Å². The van der Waals surface area contributed by atoms with Gasteiger partial charge in [0.2, 0.25) is 0 Å². The van der Waals surface area contributed by atoms with Gasteiger partial charge in [0, 0.05) is 16.5 Å². The molecule has 0 radical (unpaired) electrons. The number of hydrogen-bond donors (Lipinski definition) is 1. The average molecular weight is 563 g/mol. The van der Waals surface area contributed by atoms with E-state index in [0.29, 0.717) is 11.4 Å². The van der Waals surface area contributed by atoms with Gasteiger partial charge >= 0.3 is 11.6 Å². The van der Waals surface area contributed by atoms with Crippen molar-refractivity contribution in [1.29, 1.82) is 0 Å². The van der Waals surface area contributed by atoms with Crippen LogP contribution in [-0.2, 0) is 16.5 Å². The van der Waals surface area contributed by atoms with Crippen LogP contribution in [-0.4, -0.2) is 56.9 Å². The number of rotatable bonds is 12. The van der Waals surface area contributed by atoms with Gasteiger partial charge in [0.15, 0.2) is 0 Å². The number of hydrogen-bond acceptors (Lipinski definition) is 3. The second kappa shape index (κ2) is 15.4. The minimum atomic E-state index is -0.829. The third-order valence-corrected chi connectivity index (χ3v) is 6.08. The van der Waals surface area contributed by atoms with Gasteiger partial charge in [-0.2, -0.15) is 0 Å². The number of aliphatic hydroxyl groups is 1. The zero-order chi connectivity index (χ0) is 26.6. The first-order chi connectivity index (χ1) is 18.6. The van der Waals surface area contributed by atoms with Crippen molar-refractivity contribution in [3.8, 4) is 0 Å². The van der Waals surface area contributed by atoms with Crippen molar-refractivity contribution in [1.82, 2.24) is 0 Å². The molecule has 39 heavy (non-hydrogen) atoms. The van der Waals surface area contributed by atoms with E-state index in [-0.39, 0.29) is 54.0 Å². The first-order valence-electron chi connectivity index (χ1n) is 12.7. The molecule has 0 amide bonds. The SMILES string of the molecule is OC(CN=C(CC(=[OH+])c1ccccc1)c1ccccc1)CN=C(CC(=[OH+])c1ccccc1)c1ccccc1.[Ni]. The van der Waals surface area contributed by atoms with E-state index in [4.69, 9.17) is 0 Å². The molecule has 0 aromatic heterocycles. The van der Waals surface area contributed by atoms with Gasteiger partial charge in [-0.15, -0.1) is 0 Å². The Hall–Kier alpha value is -3.99. The van der Waals surface area contributed by atoms with Crippen LogP contribution in [0.2, 0.25) is 0 Å². The van der Waals surface area contributed by atoms with Crippen LogP contribution in [0, 0.1) is 0 Å². The maximum Gasteiger partial charge on any atom is 0.329 e. The zero-order valence-corrected chi connectivity index (χ0v) is 22.5. The van der Waals surface area contributed by atoms with Crippen LogP contribution in [0.5, 0.6) is 0 Å². The maximum atomic E-state index is 10.8. The first kappa shape index (κ1) is 29.6. The minimum Gasteiger partial charge on any atom is -0.389 e. The molecule has 6 heteroatoms. The van der Waals surface area contributed by atoms with E-state index in [9.17, 15) is 14.7 Å². The third kappa shape index (κ3) is 9.06. The summed E-state index contributed by atoms with van der Waals surface area (Å²) in [6.45, 7) is 0.262. The summed E-state index contributed by atoms with van der Waals surface area (Å²) >= 11 is 0. The van der Waals surface area contributed by atoms with Crippen LogP contribution in [0.25, 0.3) is 0 Å². The summed E-state index contributed by atoms with van der Waals surface area (Å²) in [5, 5.41) is 10.8. The Labute approximate surface area is 239 Å². The van der Waals surface area contributed by atoms with Crippen LogP contribution in [0.15, 0.2) is 131 Å². The molecule has 4 aromatic carbocycles. The van der Waals surface area contributed by atoms with E-state index >= 15 is 0 Å². The number of nitrogens with zero attached hydrogens (tertiary/aromatic N) is 2. The van der Waals surface area contributed by atoms with Gasteiger partial charge in [-0.25, -0.2) is 0 Å². The number of aliphatic hydroxyl groups excluding tert-OH is 1. The van der Waals surface area contributed by atoms with Crippen LogP contribution >= 0.6 is 0 Å². The van der Waals surface area contributed by atoms with Crippen molar-refractivity contribution in [3.05, 3.63) is 144 Å². The molecular formula is C33H32N2NiO3+2. The number of carbonyl (C=O) groups excluding carboxylic acids is 2. The molecule has 0 atom stereocenters. The van der Waals surface area contributed by atoms with Gasteiger partial charge in [0.05, 0.1) is 41.7 Å². The van der Waals surface area contributed by atoms with E-state index in [1.54, 1.807) is 0 Å². The molecule has 0 spiro atoms. The van der Waals surface area contributed by atoms with Gasteiger partial charge in [-0.05, 0) is 35.4 Å². The molecule has 4 aromatic rings. The Morgan fingerprint density at radius 2 is 0.795 bits per heavy atom. The van der Waals surface area contributed by atoms with Crippen LogP contribution in [0.4, 0.5) is 0 Å². The Kier molecular flexibility index (Phi) is 11.7. The summed E-state index contributed by atoms with van der Waals surface area (Å²) in [5.41, 5.74) is 4.63. The van der Waals surface area contributed by atoms with Crippen molar-refractivity contribution >= 4 is 23.0 Å². The summed E-state index contributed by atoms with van der Waals surface area (Å²) < 4.78 is 0. The zero-order valence-electron chi connectivity index (χ0n) is 21.5. The van der Waals surface area contributed by atoms with Crippen molar-refractivity contribution < 1.29 is 31.2 Å². The minimum absolute atomic E-state index is 0. The number of aliphatic imine (C=N–C) groups is 2.